The molecule has 134 valence electrons. The van der Waals surface area contributed by atoms with Crippen LogP contribution in [-0.4, -0.2) is 44.9 Å². The van der Waals surface area contributed by atoms with Crippen molar-refractivity contribution in [2.24, 2.45) is 0 Å². The zero-order valence-corrected chi connectivity index (χ0v) is 15.2. The third kappa shape index (κ3) is 3.83. The van der Waals surface area contributed by atoms with Gasteiger partial charge in [-0.15, -0.1) is 0 Å². The summed E-state index contributed by atoms with van der Waals surface area (Å²) in [6.45, 7) is 1.12. The largest absolute Gasteiger partial charge is 0.438 e. The maximum Gasteiger partial charge on any atom is 0.291 e. The Morgan fingerprint density at radius 3 is 2.56 bits per heavy atom. The van der Waals surface area contributed by atoms with Crippen LogP contribution in [0.25, 0.3) is 0 Å². The Morgan fingerprint density at radius 2 is 1.84 bits per heavy atom. The molecule has 0 aliphatic carbocycles. The number of nitrogens with zero attached hydrogens (tertiary/aromatic N) is 1. The SMILES string of the molecule is O=C(Nc1cccc(Cl)c1Cl)c1ccc(S(=O)(=O)N2CCOCC2)o1. The zero-order chi connectivity index (χ0) is 18.0. The number of amides is 1. The second kappa shape index (κ2) is 7.35. The van der Waals surface area contributed by atoms with Crippen LogP contribution in [0.4, 0.5) is 5.69 Å². The van der Waals surface area contributed by atoms with Crippen LogP contribution in [-0.2, 0) is 14.8 Å². The van der Waals surface area contributed by atoms with E-state index in [-0.39, 0.29) is 34.0 Å². The van der Waals surface area contributed by atoms with E-state index in [1.807, 2.05) is 0 Å². The summed E-state index contributed by atoms with van der Waals surface area (Å²) in [6.07, 6.45) is 0. The number of morpholine rings is 1. The molecule has 1 amide bonds. The number of rotatable bonds is 4. The first-order chi connectivity index (χ1) is 11.9. The first-order valence-electron chi connectivity index (χ1n) is 7.32. The Balaban J connectivity index is 1.78. The van der Waals surface area contributed by atoms with Gasteiger partial charge in [0.1, 0.15) is 0 Å². The number of benzene rings is 1. The molecule has 1 saturated heterocycles. The Kier molecular flexibility index (Phi) is 5.35. The van der Waals surface area contributed by atoms with Gasteiger partial charge in [-0.2, -0.15) is 4.31 Å². The molecule has 25 heavy (non-hydrogen) atoms. The standard InChI is InChI=1S/C15H14Cl2N2O5S/c16-10-2-1-3-11(14(10)17)18-15(20)12-4-5-13(24-12)25(21,22)19-6-8-23-9-7-19/h1-5H,6-9H2,(H,18,20). The van der Waals surface area contributed by atoms with Crippen LogP contribution in [0.5, 0.6) is 0 Å². The van der Waals surface area contributed by atoms with E-state index in [0.29, 0.717) is 18.9 Å². The number of sulfonamides is 1. The molecule has 1 aliphatic heterocycles. The molecule has 0 saturated carbocycles. The van der Waals surface area contributed by atoms with Crippen LogP contribution in [0, 0.1) is 0 Å². The molecule has 0 unspecified atom stereocenters. The minimum atomic E-state index is -3.80. The van der Waals surface area contributed by atoms with Gasteiger partial charge in [0, 0.05) is 13.1 Å². The fourth-order valence-electron chi connectivity index (χ4n) is 2.28. The Hall–Kier alpha value is -1.58. The second-order valence-electron chi connectivity index (χ2n) is 5.19. The predicted molar refractivity (Wildman–Crippen MR) is 92.7 cm³/mol. The zero-order valence-electron chi connectivity index (χ0n) is 12.9. The van der Waals surface area contributed by atoms with Gasteiger partial charge in [-0.25, -0.2) is 8.42 Å². The molecule has 2 heterocycles. The van der Waals surface area contributed by atoms with Crippen molar-refractivity contribution >= 4 is 44.8 Å². The van der Waals surface area contributed by atoms with E-state index in [1.165, 1.54) is 16.4 Å². The molecule has 1 aromatic carbocycles. The normalized spacial score (nSPS) is 15.9. The summed E-state index contributed by atoms with van der Waals surface area (Å²) in [6, 6.07) is 7.32. The molecule has 1 N–H and O–H groups in total. The van der Waals surface area contributed by atoms with E-state index >= 15 is 0 Å². The smallest absolute Gasteiger partial charge is 0.291 e. The van der Waals surface area contributed by atoms with Crippen molar-refractivity contribution in [3.05, 3.63) is 46.1 Å². The molecule has 10 heteroatoms. The van der Waals surface area contributed by atoms with Gasteiger partial charge in [-0.1, -0.05) is 29.3 Å². The number of halogens is 2. The van der Waals surface area contributed by atoms with E-state index in [2.05, 4.69) is 5.32 Å². The highest BCUT2D eigenvalue weighted by Crippen LogP contribution is 2.30. The number of carbonyl (C=O) groups is 1. The van der Waals surface area contributed by atoms with E-state index < -0.39 is 15.9 Å². The van der Waals surface area contributed by atoms with Crippen LogP contribution in [0.15, 0.2) is 39.8 Å². The van der Waals surface area contributed by atoms with Gasteiger partial charge in [0.05, 0.1) is 28.9 Å². The lowest BCUT2D eigenvalue weighted by molar-refractivity contribution is 0.0723. The summed E-state index contributed by atoms with van der Waals surface area (Å²) in [7, 11) is -3.80. The topological polar surface area (TPSA) is 88.9 Å². The second-order valence-corrected chi connectivity index (χ2v) is 7.84. The van der Waals surface area contributed by atoms with Crippen molar-refractivity contribution in [3.8, 4) is 0 Å². The number of nitrogens with one attached hydrogen (secondary N) is 1. The Labute approximate surface area is 154 Å². The molecule has 7 nitrogen and oxygen atoms in total. The molecule has 0 atom stereocenters. The summed E-state index contributed by atoms with van der Waals surface area (Å²) < 4.78 is 36.6. The number of hydrogen-bond acceptors (Lipinski definition) is 5. The summed E-state index contributed by atoms with van der Waals surface area (Å²) >= 11 is 11.9. The maximum atomic E-state index is 12.5. The Bertz CT molecular complexity index is 891. The van der Waals surface area contributed by atoms with Gasteiger partial charge in [0.15, 0.2) is 5.76 Å². The molecule has 1 aliphatic rings. The van der Waals surface area contributed by atoms with Gasteiger partial charge in [0.2, 0.25) is 5.09 Å². The van der Waals surface area contributed by atoms with Crippen LogP contribution < -0.4 is 5.32 Å². The molecular weight excluding hydrogens is 391 g/mol. The Morgan fingerprint density at radius 1 is 1.12 bits per heavy atom. The molecule has 0 spiro atoms. The number of hydrogen-bond donors (Lipinski definition) is 1. The molecule has 2 aromatic rings. The van der Waals surface area contributed by atoms with Crippen molar-refractivity contribution in [2.75, 3.05) is 31.6 Å². The van der Waals surface area contributed by atoms with E-state index in [9.17, 15) is 13.2 Å². The lowest BCUT2D eigenvalue weighted by atomic mass is 10.3. The van der Waals surface area contributed by atoms with Crippen molar-refractivity contribution in [2.45, 2.75) is 5.09 Å². The average Bonchev–Trinajstić information content (AvgIpc) is 3.11. The fraction of sp³-hybridized carbons (Fsp3) is 0.267. The van der Waals surface area contributed by atoms with Crippen LogP contribution in [0.1, 0.15) is 10.6 Å². The van der Waals surface area contributed by atoms with Gasteiger partial charge in [0.25, 0.3) is 15.9 Å². The molecule has 1 aromatic heterocycles. The van der Waals surface area contributed by atoms with E-state index in [1.54, 1.807) is 18.2 Å². The summed E-state index contributed by atoms with van der Waals surface area (Å²) in [5.41, 5.74) is 0.299. The number of ether oxygens (including phenoxy) is 1. The minimum absolute atomic E-state index is 0.150. The molecule has 0 bridgehead atoms. The van der Waals surface area contributed by atoms with Gasteiger partial charge in [-0.3, -0.25) is 4.79 Å². The van der Waals surface area contributed by atoms with Gasteiger partial charge >= 0.3 is 0 Å². The van der Waals surface area contributed by atoms with Crippen molar-refractivity contribution in [1.82, 2.24) is 4.31 Å². The lowest BCUT2D eigenvalue weighted by Gasteiger charge is -2.24. The van der Waals surface area contributed by atoms with Crippen molar-refractivity contribution in [3.63, 3.8) is 0 Å². The lowest BCUT2D eigenvalue weighted by Crippen LogP contribution is -2.40. The highest BCUT2D eigenvalue weighted by molar-refractivity contribution is 7.89. The van der Waals surface area contributed by atoms with E-state index in [0.717, 1.165) is 0 Å². The summed E-state index contributed by atoms with van der Waals surface area (Å²) in [5, 5.41) is 2.71. The summed E-state index contributed by atoms with van der Waals surface area (Å²) in [5.74, 6) is -0.782. The fourth-order valence-corrected chi connectivity index (χ4v) is 3.95. The highest BCUT2D eigenvalue weighted by atomic mass is 35.5. The minimum Gasteiger partial charge on any atom is -0.438 e. The van der Waals surface area contributed by atoms with Crippen LogP contribution in [0.3, 0.4) is 0 Å². The number of furan rings is 1. The third-order valence-corrected chi connectivity index (χ3v) is 6.16. The quantitative estimate of drug-likeness (QED) is 0.845. The monoisotopic (exact) mass is 404 g/mol. The number of carbonyl (C=O) groups excluding carboxylic acids is 1. The first kappa shape index (κ1) is 18.2. The highest BCUT2D eigenvalue weighted by Gasteiger charge is 2.30. The summed E-state index contributed by atoms with van der Waals surface area (Å²) in [4.78, 5) is 12.3. The van der Waals surface area contributed by atoms with Gasteiger partial charge < -0.3 is 14.5 Å². The van der Waals surface area contributed by atoms with Crippen molar-refractivity contribution in [1.29, 1.82) is 0 Å². The van der Waals surface area contributed by atoms with Crippen molar-refractivity contribution < 1.29 is 22.4 Å². The third-order valence-electron chi connectivity index (χ3n) is 3.57. The number of anilines is 1. The predicted octanol–water partition coefficient (Wildman–Crippen LogP) is 2.86. The maximum absolute atomic E-state index is 12.5. The molecule has 3 rings (SSSR count). The van der Waals surface area contributed by atoms with Gasteiger partial charge in [-0.05, 0) is 24.3 Å². The first-order valence-corrected chi connectivity index (χ1v) is 9.52. The van der Waals surface area contributed by atoms with E-state index in [4.69, 9.17) is 32.4 Å². The average molecular weight is 405 g/mol. The van der Waals surface area contributed by atoms with Crippen LogP contribution >= 0.6 is 23.2 Å². The molecule has 1 fully saturated rings. The van der Waals surface area contributed by atoms with Crippen LogP contribution in [0.2, 0.25) is 10.0 Å². The molecule has 0 radical (unpaired) electrons. The molecular formula is C15H14Cl2N2O5S.